The van der Waals surface area contributed by atoms with Gasteiger partial charge in [0.15, 0.2) is 0 Å². The Morgan fingerprint density at radius 3 is 2.67 bits per heavy atom. The maximum atomic E-state index is 11.1. The van der Waals surface area contributed by atoms with Crippen molar-refractivity contribution in [1.82, 2.24) is 5.32 Å². The van der Waals surface area contributed by atoms with E-state index in [4.69, 9.17) is 5.73 Å². The third-order valence-electron chi connectivity index (χ3n) is 2.53. The first-order chi connectivity index (χ1) is 5.72. The molecule has 12 heavy (non-hydrogen) atoms. The van der Waals surface area contributed by atoms with Crippen LogP contribution in [-0.2, 0) is 4.79 Å². The highest BCUT2D eigenvalue weighted by molar-refractivity contribution is 5.75. The van der Waals surface area contributed by atoms with Crippen molar-refractivity contribution in [3.05, 3.63) is 0 Å². The Hall–Kier alpha value is -0.570. The van der Waals surface area contributed by atoms with Crippen molar-refractivity contribution in [3.8, 4) is 0 Å². The molecule has 3 heteroatoms. The molecule has 0 saturated heterocycles. The molecule has 1 aliphatic carbocycles. The van der Waals surface area contributed by atoms with Crippen LogP contribution in [0.25, 0.3) is 0 Å². The molecule has 70 valence electrons. The van der Waals surface area contributed by atoms with Gasteiger partial charge in [-0.2, -0.15) is 0 Å². The van der Waals surface area contributed by atoms with Gasteiger partial charge in [-0.3, -0.25) is 4.79 Å². The van der Waals surface area contributed by atoms with Gasteiger partial charge in [0.2, 0.25) is 5.91 Å². The maximum absolute atomic E-state index is 11.1. The fourth-order valence-electron chi connectivity index (χ4n) is 1.23. The van der Waals surface area contributed by atoms with Crippen molar-refractivity contribution in [2.45, 2.75) is 32.6 Å². The van der Waals surface area contributed by atoms with Crippen LogP contribution in [-0.4, -0.2) is 19.0 Å². The molecule has 1 amide bonds. The van der Waals surface area contributed by atoms with Crippen LogP contribution < -0.4 is 11.1 Å². The normalized spacial score (nSPS) is 18.8. The lowest BCUT2D eigenvalue weighted by atomic mass is 10.1. The van der Waals surface area contributed by atoms with Gasteiger partial charge in [0, 0.05) is 13.0 Å². The number of amides is 1. The van der Waals surface area contributed by atoms with E-state index in [9.17, 15) is 4.79 Å². The molecule has 3 nitrogen and oxygen atoms in total. The zero-order chi connectivity index (χ0) is 9.03. The molecule has 0 bridgehead atoms. The van der Waals surface area contributed by atoms with Crippen LogP contribution >= 0.6 is 0 Å². The highest BCUT2D eigenvalue weighted by atomic mass is 16.1. The van der Waals surface area contributed by atoms with Crippen LogP contribution in [0.5, 0.6) is 0 Å². The van der Waals surface area contributed by atoms with Crippen molar-refractivity contribution >= 4 is 5.91 Å². The van der Waals surface area contributed by atoms with Crippen LogP contribution in [0.15, 0.2) is 0 Å². The molecule has 0 aromatic heterocycles. The number of hydrogen-bond acceptors (Lipinski definition) is 2. The number of nitrogens with one attached hydrogen (secondary N) is 1. The minimum absolute atomic E-state index is 0.164. The van der Waals surface area contributed by atoms with Gasteiger partial charge in [-0.1, -0.05) is 6.92 Å². The summed E-state index contributed by atoms with van der Waals surface area (Å²) in [4.78, 5) is 11.1. The van der Waals surface area contributed by atoms with Crippen molar-refractivity contribution < 1.29 is 4.79 Å². The summed E-state index contributed by atoms with van der Waals surface area (Å²) in [6.07, 6.45) is 3.91. The first-order valence-corrected chi connectivity index (χ1v) is 4.69. The van der Waals surface area contributed by atoms with Gasteiger partial charge in [0.25, 0.3) is 0 Å². The van der Waals surface area contributed by atoms with E-state index in [1.165, 1.54) is 12.8 Å². The zero-order valence-electron chi connectivity index (χ0n) is 7.73. The van der Waals surface area contributed by atoms with Gasteiger partial charge in [-0.15, -0.1) is 0 Å². The fraction of sp³-hybridized carbons (Fsp3) is 0.889. The predicted octanol–water partition coefficient (Wildman–Crippen LogP) is 0.642. The molecule has 0 spiro atoms. The summed E-state index contributed by atoms with van der Waals surface area (Å²) in [5, 5.41) is 2.92. The van der Waals surface area contributed by atoms with Gasteiger partial charge in [0.1, 0.15) is 0 Å². The second-order valence-corrected chi connectivity index (χ2v) is 3.73. The standard InChI is InChI=1S/C9H18N2O/c1-2-3-8(12)11-7-9(6-10)4-5-9/h2-7,10H2,1H3,(H,11,12). The molecule has 0 unspecified atom stereocenters. The minimum atomic E-state index is 0.164. The lowest BCUT2D eigenvalue weighted by Gasteiger charge is -2.12. The van der Waals surface area contributed by atoms with Crippen LogP contribution in [0, 0.1) is 5.41 Å². The van der Waals surface area contributed by atoms with Gasteiger partial charge < -0.3 is 11.1 Å². The molecule has 1 fully saturated rings. The Labute approximate surface area is 73.7 Å². The average Bonchev–Trinajstić information content (AvgIpc) is 2.82. The zero-order valence-corrected chi connectivity index (χ0v) is 7.73. The van der Waals surface area contributed by atoms with E-state index in [1.807, 2.05) is 6.92 Å². The number of carbonyl (C=O) groups excluding carboxylic acids is 1. The third kappa shape index (κ3) is 2.48. The van der Waals surface area contributed by atoms with E-state index < -0.39 is 0 Å². The van der Waals surface area contributed by atoms with E-state index in [2.05, 4.69) is 5.32 Å². The molecule has 1 saturated carbocycles. The minimum Gasteiger partial charge on any atom is -0.355 e. The van der Waals surface area contributed by atoms with E-state index in [-0.39, 0.29) is 11.3 Å². The van der Waals surface area contributed by atoms with E-state index in [1.54, 1.807) is 0 Å². The van der Waals surface area contributed by atoms with Crippen LogP contribution in [0.3, 0.4) is 0 Å². The Kier molecular flexibility index (Phi) is 3.09. The Morgan fingerprint density at radius 2 is 2.25 bits per heavy atom. The van der Waals surface area contributed by atoms with Crippen molar-refractivity contribution in [1.29, 1.82) is 0 Å². The molecule has 0 aromatic carbocycles. The van der Waals surface area contributed by atoms with Crippen LogP contribution in [0.1, 0.15) is 32.6 Å². The predicted molar refractivity (Wildman–Crippen MR) is 48.6 cm³/mol. The third-order valence-corrected chi connectivity index (χ3v) is 2.53. The summed E-state index contributed by atoms with van der Waals surface area (Å²) in [5.41, 5.74) is 5.84. The molecular formula is C9H18N2O. The second-order valence-electron chi connectivity index (χ2n) is 3.73. The molecule has 1 aliphatic rings. The number of hydrogen-bond donors (Lipinski definition) is 2. The number of rotatable bonds is 5. The van der Waals surface area contributed by atoms with Crippen molar-refractivity contribution in [2.24, 2.45) is 11.1 Å². The monoisotopic (exact) mass is 170 g/mol. The topological polar surface area (TPSA) is 55.1 Å². The molecule has 0 atom stereocenters. The van der Waals surface area contributed by atoms with E-state index in [0.29, 0.717) is 13.0 Å². The van der Waals surface area contributed by atoms with E-state index in [0.717, 1.165) is 13.0 Å². The quantitative estimate of drug-likeness (QED) is 0.636. The summed E-state index contributed by atoms with van der Waals surface area (Å²) in [6, 6.07) is 0. The molecule has 0 aromatic rings. The molecule has 3 N–H and O–H groups in total. The number of nitrogens with two attached hydrogens (primary N) is 1. The van der Waals surface area contributed by atoms with Gasteiger partial charge in [-0.25, -0.2) is 0 Å². The highest BCUT2D eigenvalue weighted by Gasteiger charge is 2.41. The highest BCUT2D eigenvalue weighted by Crippen LogP contribution is 2.43. The van der Waals surface area contributed by atoms with Gasteiger partial charge in [0.05, 0.1) is 0 Å². The van der Waals surface area contributed by atoms with Crippen LogP contribution in [0.2, 0.25) is 0 Å². The summed E-state index contributed by atoms with van der Waals surface area (Å²) in [5.74, 6) is 0.164. The molecule has 0 aliphatic heterocycles. The summed E-state index contributed by atoms with van der Waals surface area (Å²) in [6.45, 7) is 3.50. The number of carbonyl (C=O) groups is 1. The van der Waals surface area contributed by atoms with Crippen molar-refractivity contribution in [2.75, 3.05) is 13.1 Å². The summed E-state index contributed by atoms with van der Waals surface area (Å²) in [7, 11) is 0. The second kappa shape index (κ2) is 3.90. The summed E-state index contributed by atoms with van der Waals surface area (Å²) < 4.78 is 0. The molecular weight excluding hydrogens is 152 g/mol. The molecule has 0 heterocycles. The van der Waals surface area contributed by atoms with Crippen molar-refractivity contribution in [3.63, 3.8) is 0 Å². The fourth-order valence-corrected chi connectivity index (χ4v) is 1.23. The summed E-state index contributed by atoms with van der Waals surface area (Å²) >= 11 is 0. The van der Waals surface area contributed by atoms with Gasteiger partial charge >= 0.3 is 0 Å². The smallest absolute Gasteiger partial charge is 0.220 e. The Morgan fingerprint density at radius 1 is 1.58 bits per heavy atom. The largest absolute Gasteiger partial charge is 0.355 e. The molecule has 0 radical (unpaired) electrons. The lowest BCUT2D eigenvalue weighted by Crippen LogP contribution is -2.33. The van der Waals surface area contributed by atoms with Crippen LogP contribution in [0.4, 0.5) is 0 Å². The lowest BCUT2D eigenvalue weighted by molar-refractivity contribution is -0.121. The van der Waals surface area contributed by atoms with E-state index >= 15 is 0 Å². The maximum Gasteiger partial charge on any atom is 0.220 e. The SMILES string of the molecule is CCCC(=O)NCC1(CN)CC1. The molecule has 1 rings (SSSR count). The van der Waals surface area contributed by atoms with Gasteiger partial charge in [-0.05, 0) is 31.2 Å². The Bertz CT molecular complexity index is 164. The Balaban J connectivity index is 2.12. The first kappa shape index (κ1) is 9.52. The average molecular weight is 170 g/mol. The first-order valence-electron chi connectivity index (χ1n) is 4.69.